The monoisotopic (exact) mass is 278 g/mol. The van der Waals surface area contributed by atoms with Gasteiger partial charge in [0.1, 0.15) is 5.92 Å². The first-order chi connectivity index (χ1) is 10.0. The number of nitrogens with zero attached hydrogens (tertiary/aromatic N) is 1. The molecule has 21 heavy (non-hydrogen) atoms. The molecular formula is C18H18N2O. The molecule has 0 spiro atoms. The third-order valence-corrected chi connectivity index (χ3v) is 3.75. The lowest BCUT2D eigenvalue weighted by molar-refractivity contribution is -0.115. The summed E-state index contributed by atoms with van der Waals surface area (Å²) >= 11 is 0. The number of nitrogens with one attached hydrogen (secondary N) is 1. The molecule has 0 aromatic heterocycles. The highest BCUT2D eigenvalue weighted by molar-refractivity contribution is 6.13. The fraction of sp³-hybridized carbons (Fsp3) is 0.222. The molecule has 1 N–H and O–H groups in total. The van der Waals surface area contributed by atoms with Crippen molar-refractivity contribution in [3.8, 4) is 0 Å². The molecule has 0 fully saturated rings. The Morgan fingerprint density at radius 1 is 1.10 bits per heavy atom. The van der Waals surface area contributed by atoms with Crippen LogP contribution >= 0.6 is 0 Å². The van der Waals surface area contributed by atoms with E-state index in [9.17, 15) is 4.79 Å². The summed E-state index contributed by atoms with van der Waals surface area (Å²) in [5.74, 6) is -0.311. The Morgan fingerprint density at radius 2 is 1.81 bits per heavy atom. The molecule has 3 rings (SSSR count). The van der Waals surface area contributed by atoms with Crippen LogP contribution in [-0.4, -0.2) is 12.1 Å². The van der Waals surface area contributed by atoms with Gasteiger partial charge in [-0.1, -0.05) is 18.2 Å². The SMILES string of the molecule is Cc1cc(C)cc(N=CC2C(=O)Nc3cccc(C)c32)c1. The summed E-state index contributed by atoms with van der Waals surface area (Å²) in [6.45, 7) is 6.12. The van der Waals surface area contributed by atoms with Crippen molar-refractivity contribution in [2.75, 3.05) is 5.32 Å². The normalized spacial score (nSPS) is 17.1. The van der Waals surface area contributed by atoms with Crippen molar-refractivity contribution in [2.24, 2.45) is 4.99 Å². The van der Waals surface area contributed by atoms with Gasteiger partial charge >= 0.3 is 0 Å². The lowest BCUT2D eigenvalue weighted by Gasteiger charge is -2.06. The fourth-order valence-corrected chi connectivity index (χ4v) is 2.87. The molecule has 1 amide bonds. The van der Waals surface area contributed by atoms with Crippen LogP contribution in [0.15, 0.2) is 41.4 Å². The molecule has 0 radical (unpaired) electrons. The maximum atomic E-state index is 12.1. The number of carbonyl (C=O) groups excluding carboxylic acids is 1. The standard InChI is InChI=1S/C18H18N2O/c1-11-7-12(2)9-14(8-11)19-10-15-17-13(3)5-4-6-16(17)20-18(15)21/h4-10,15H,1-3H3,(H,20,21). The predicted octanol–water partition coefficient (Wildman–Crippen LogP) is 4.05. The summed E-state index contributed by atoms with van der Waals surface area (Å²) in [6.07, 6.45) is 1.75. The van der Waals surface area contributed by atoms with Crippen LogP contribution in [0.5, 0.6) is 0 Å². The highest BCUT2D eigenvalue weighted by Gasteiger charge is 2.30. The predicted molar refractivity (Wildman–Crippen MR) is 86.6 cm³/mol. The number of carbonyl (C=O) groups is 1. The molecule has 1 unspecified atom stereocenters. The summed E-state index contributed by atoms with van der Waals surface area (Å²) in [6, 6.07) is 12.1. The average molecular weight is 278 g/mol. The van der Waals surface area contributed by atoms with E-state index in [1.807, 2.05) is 51.1 Å². The third-order valence-electron chi connectivity index (χ3n) is 3.75. The van der Waals surface area contributed by atoms with Gasteiger partial charge in [-0.2, -0.15) is 0 Å². The number of fused-ring (bicyclic) bond motifs is 1. The van der Waals surface area contributed by atoms with Gasteiger partial charge in [-0.3, -0.25) is 9.79 Å². The molecule has 3 nitrogen and oxygen atoms in total. The molecular weight excluding hydrogens is 260 g/mol. The van der Waals surface area contributed by atoms with Crippen LogP contribution in [-0.2, 0) is 4.79 Å². The molecule has 106 valence electrons. The maximum Gasteiger partial charge on any atom is 0.237 e. The van der Waals surface area contributed by atoms with E-state index in [0.717, 1.165) is 22.5 Å². The molecule has 3 heteroatoms. The molecule has 2 aromatic rings. The van der Waals surface area contributed by atoms with E-state index in [1.54, 1.807) is 6.21 Å². The first-order valence-corrected chi connectivity index (χ1v) is 7.07. The summed E-state index contributed by atoms with van der Waals surface area (Å²) in [7, 11) is 0. The average Bonchev–Trinajstić information content (AvgIpc) is 2.72. The number of aliphatic imine (C=N–C) groups is 1. The van der Waals surface area contributed by atoms with Crippen LogP contribution in [0.4, 0.5) is 11.4 Å². The Morgan fingerprint density at radius 3 is 2.52 bits per heavy atom. The second-order valence-electron chi connectivity index (χ2n) is 5.63. The first-order valence-electron chi connectivity index (χ1n) is 7.07. The Hall–Kier alpha value is -2.42. The molecule has 1 aliphatic heterocycles. The van der Waals surface area contributed by atoms with Crippen LogP contribution < -0.4 is 5.32 Å². The minimum atomic E-state index is -0.304. The van der Waals surface area contributed by atoms with Crippen LogP contribution in [0.2, 0.25) is 0 Å². The summed E-state index contributed by atoms with van der Waals surface area (Å²) in [5, 5.41) is 2.92. The smallest absolute Gasteiger partial charge is 0.237 e. The largest absolute Gasteiger partial charge is 0.325 e. The Balaban J connectivity index is 1.95. The number of aryl methyl sites for hydroxylation is 3. The number of hydrogen-bond donors (Lipinski definition) is 1. The van der Waals surface area contributed by atoms with E-state index >= 15 is 0 Å². The molecule has 0 aliphatic carbocycles. The first kappa shape index (κ1) is 13.6. The minimum absolute atomic E-state index is 0.00701. The third kappa shape index (κ3) is 2.59. The summed E-state index contributed by atoms with van der Waals surface area (Å²) in [4.78, 5) is 16.7. The van der Waals surface area contributed by atoms with Crippen molar-refractivity contribution in [3.63, 3.8) is 0 Å². The second-order valence-corrected chi connectivity index (χ2v) is 5.63. The van der Waals surface area contributed by atoms with Gasteiger partial charge in [0.2, 0.25) is 5.91 Å². The van der Waals surface area contributed by atoms with E-state index < -0.39 is 0 Å². The number of hydrogen-bond acceptors (Lipinski definition) is 2. The van der Waals surface area contributed by atoms with Gasteiger partial charge in [0.25, 0.3) is 0 Å². The van der Waals surface area contributed by atoms with E-state index in [1.165, 1.54) is 11.1 Å². The van der Waals surface area contributed by atoms with Crippen molar-refractivity contribution in [1.29, 1.82) is 0 Å². The molecule has 2 aromatic carbocycles. The van der Waals surface area contributed by atoms with Gasteiger partial charge in [0.05, 0.1) is 5.69 Å². The van der Waals surface area contributed by atoms with Gasteiger partial charge in [0, 0.05) is 11.9 Å². The second kappa shape index (κ2) is 5.17. The van der Waals surface area contributed by atoms with E-state index in [0.29, 0.717) is 0 Å². The highest BCUT2D eigenvalue weighted by atomic mass is 16.2. The quantitative estimate of drug-likeness (QED) is 0.827. The van der Waals surface area contributed by atoms with Gasteiger partial charge in [-0.15, -0.1) is 0 Å². The molecule has 0 saturated heterocycles. The van der Waals surface area contributed by atoms with Crippen LogP contribution in [0.1, 0.15) is 28.2 Å². The molecule has 1 atom stereocenters. The zero-order valence-corrected chi connectivity index (χ0v) is 12.5. The van der Waals surface area contributed by atoms with Crippen molar-refractivity contribution in [3.05, 3.63) is 58.7 Å². The summed E-state index contributed by atoms with van der Waals surface area (Å²) in [5.41, 5.74) is 6.29. The van der Waals surface area contributed by atoms with Crippen LogP contribution in [0, 0.1) is 20.8 Å². The zero-order chi connectivity index (χ0) is 15.0. The molecule has 0 bridgehead atoms. The summed E-state index contributed by atoms with van der Waals surface area (Å²) < 4.78 is 0. The van der Waals surface area contributed by atoms with E-state index in [4.69, 9.17) is 0 Å². The lowest BCUT2D eigenvalue weighted by atomic mass is 9.97. The van der Waals surface area contributed by atoms with Crippen molar-refractivity contribution < 1.29 is 4.79 Å². The van der Waals surface area contributed by atoms with E-state index in [2.05, 4.69) is 16.4 Å². The van der Waals surface area contributed by atoms with Crippen LogP contribution in [0.3, 0.4) is 0 Å². The van der Waals surface area contributed by atoms with Gasteiger partial charge in [0.15, 0.2) is 0 Å². The zero-order valence-electron chi connectivity index (χ0n) is 12.5. The number of amides is 1. The number of anilines is 1. The topological polar surface area (TPSA) is 41.5 Å². The van der Waals surface area contributed by atoms with Gasteiger partial charge in [-0.25, -0.2) is 0 Å². The van der Waals surface area contributed by atoms with E-state index in [-0.39, 0.29) is 11.8 Å². The van der Waals surface area contributed by atoms with Crippen molar-refractivity contribution >= 4 is 23.5 Å². The Bertz CT molecular complexity index is 727. The maximum absolute atomic E-state index is 12.1. The molecule has 1 aliphatic rings. The van der Waals surface area contributed by atoms with Gasteiger partial charge < -0.3 is 5.32 Å². The molecule has 0 saturated carbocycles. The highest BCUT2D eigenvalue weighted by Crippen LogP contribution is 2.34. The van der Waals surface area contributed by atoms with Gasteiger partial charge in [-0.05, 0) is 61.2 Å². The van der Waals surface area contributed by atoms with Crippen molar-refractivity contribution in [2.45, 2.75) is 26.7 Å². The van der Waals surface area contributed by atoms with Crippen LogP contribution in [0.25, 0.3) is 0 Å². The molecule has 1 heterocycles. The minimum Gasteiger partial charge on any atom is -0.325 e. The van der Waals surface area contributed by atoms with Crippen molar-refractivity contribution in [1.82, 2.24) is 0 Å². The number of rotatable bonds is 2. The fourth-order valence-electron chi connectivity index (χ4n) is 2.87. The Labute approximate surface area is 124 Å². The Kier molecular flexibility index (Phi) is 3.34. The lowest BCUT2D eigenvalue weighted by Crippen LogP contribution is -2.13. The number of benzene rings is 2.